The quantitative estimate of drug-likeness (QED) is 0.701. The molecule has 2 aromatic rings. The molecule has 2 heterocycles. The number of aliphatic hydroxyl groups is 1. The number of aromatic nitrogens is 1. The zero-order chi connectivity index (χ0) is 14.5. The monoisotopic (exact) mass is 332 g/mol. The van der Waals surface area contributed by atoms with Crippen molar-refractivity contribution in [3.63, 3.8) is 0 Å². The van der Waals surface area contributed by atoms with Gasteiger partial charge in [-0.05, 0) is 31.0 Å². The third-order valence-corrected chi connectivity index (χ3v) is 4.44. The first kappa shape index (κ1) is 14.5. The van der Waals surface area contributed by atoms with Gasteiger partial charge in [-0.1, -0.05) is 46.4 Å². The lowest BCUT2D eigenvalue weighted by Gasteiger charge is -2.34. The predicted octanol–water partition coefficient (Wildman–Crippen LogP) is 3.39. The number of aromatic amines is 1. The molecule has 0 saturated heterocycles. The van der Waals surface area contributed by atoms with Crippen molar-refractivity contribution in [2.75, 3.05) is 6.61 Å². The molecule has 3 nitrogen and oxygen atoms in total. The molecule has 0 fully saturated rings. The Morgan fingerprint density at radius 2 is 2.10 bits per heavy atom. The second-order valence-corrected chi connectivity index (χ2v) is 7.66. The molecule has 2 unspecified atom stereocenters. The van der Waals surface area contributed by atoms with Crippen molar-refractivity contribution < 1.29 is 5.11 Å². The van der Waals surface area contributed by atoms with Crippen LogP contribution in [0, 0.1) is 6.92 Å². The highest BCUT2D eigenvalue weighted by Gasteiger charge is 2.41. The highest BCUT2D eigenvalue weighted by atomic mass is 35.6. The van der Waals surface area contributed by atoms with Gasteiger partial charge in [0.15, 0.2) is 0 Å². The smallest absolute Gasteiger partial charge is 0.211 e. The van der Waals surface area contributed by atoms with Gasteiger partial charge in [0.25, 0.3) is 0 Å². The van der Waals surface area contributed by atoms with Gasteiger partial charge in [0.05, 0.1) is 12.6 Å². The SMILES string of the molecule is Cc1ccc2[nH]c3c(c2c1)CC(CO)NC3C(Cl)(Cl)Cl. The van der Waals surface area contributed by atoms with Crippen molar-refractivity contribution in [3.8, 4) is 0 Å². The van der Waals surface area contributed by atoms with Crippen molar-refractivity contribution >= 4 is 45.7 Å². The molecule has 0 spiro atoms. The van der Waals surface area contributed by atoms with Gasteiger partial charge in [-0.2, -0.15) is 0 Å². The third-order valence-electron chi connectivity index (χ3n) is 3.78. The van der Waals surface area contributed by atoms with E-state index in [1.807, 2.05) is 12.1 Å². The number of fused-ring (bicyclic) bond motifs is 3. The summed E-state index contributed by atoms with van der Waals surface area (Å²) < 4.78 is -1.47. The third kappa shape index (κ3) is 2.42. The van der Waals surface area contributed by atoms with Crippen LogP contribution in [0.4, 0.5) is 0 Å². The maximum atomic E-state index is 9.46. The highest BCUT2D eigenvalue weighted by Crippen LogP contribution is 2.44. The second-order valence-electron chi connectivity index (χ2n) is 5.29. The lowest BCUT2D eigenvalue weighted by molar-refractivity contribution is 0.223. The molecule has 3 rings (SSSR count). The molecule has 0 radical (unpaired) electrons. The molecule has 2 atom stereocenters. The minimum atomic E-state index is -1.47. The van der Waals surface area contributed by atoms with Crippen molar-refractivity contribution in [2.45, 2.75) is 29.2 Å². The first-order valence-corrected chi connectivity index (χ1v) is 7.58. The average molecular weight is 334 g/mol. The predicted molar refractivity (Wildman–Crippen MR) is 83.8 cm³/mol. The summed E-state index contributed by atoms with van der Waals surface area (Å²) in [6, 6.07) is 5.64. The summed E-state index contributed by atoms with van der Waals surface area (Å²) in [5.41, 5.74) is 4.23. The Morgan fingerprint density at radius 1 is 1.35 bits per heavy atom. The van der Waals surface area contributed by atoms with E-state index in [9.17, 15) is 5.11 Å². The Bertz CT molecular complexity index is 648. The van der Waals surface area contributed by atoms with Gasteiger partial charge < -0.3 is 10.1 Å². The van der Waals surface area contributed by atoms with E-state index in [1.165, 1.54) is 5.56 Å². The van der Waals surface area contributed by atoms with Crippen LogP contribution in [0.2, 0.25) is 0 Å². The molecule has 0 saturated carbocycles. The Balaban J connectivity index is 2.20. The molecule has 0 bridgehead atoms. The van der Waals surface area contributed by atoms with Crippen LogP contribution in [0.5, 0.6) is 0 Å². The minimum absolute atomic E-state index is 0.00910. The van der Waals surface area contributed by atoms with Crippen molar-refractivity contribution in [3.05, 3.63) is 35.0 Å². The first-order valence-electron chi connectivity index (χ1n) is 6.45. The van der Waals surface area contributed by atoms with Crippen LogP contribution in [-0.2, 0) is 6.42 Å². The number of hydrogen-bond donors (Lipinski definition) is 3. The Morgan fingerprint density at radius 3 is 2.75 bits per heavy atom. The maximum Gasteiger partial charge on any atom is 0.211 e. The van der Waals surface area contributed by atoms with E-state index in [4.69, 9.17) is 34.8 Å². The molecule has 1 aliphatic rings. The fraction of sp³-hybridized carbons (Fsp3) is 0.429. The van der Waals surface area contributed by atoms with Crippen LogP contribution >= 0.6 is 34.8 Å². The molecule has 0 aliphatic carbocycles. The molecule has 1 aromatic carbocycles. The largest absolute Gasteiger partial charge is 0.395 e. The van der Waals surface area contributed by atoms with Gasteiger partial charge in [0.2, 0.25) is 3.79 Å². The van der Waals surface area contributed by atoms with Crippen LogP contribution in [0.15, 0.2) is 18.2 Å². The van der Waals surface area contributed by atoms with E-state index in [-0.39, 0.29) is 12.6 Å². The lowest BCUT2D eigenvalue weighted by atomic mass is 9.94. The second kappa shape index (κ2) is 5.08. The van der Waals surface area contributed by atoms with Gasteiger partial charge in [0, 0.05) is 22.6 Å². The number of aliphatic hydroxyl groups excluding tert-OH is 1. The zero-order valence-corrected chi connectivity index (χ0v) is 13.1. The summed E-state index contributed by atoms with van der Waals surface area (Å²) >= 11 is 18.3. The number of rotatable bonds is 1. The Labute approximate surface area is 132 Å². The number of alkyl halides is 3. The normalized spacial score (nSPS) is 23.1. The first-order chi connectivity index (χ1) is 9.40. The topological polar surface area (TPSA) is 48.0 Å². The molecule has 3 N–H and O–H groups in total. The fourth-order valence-electron chi connectivity index (χ4n) is 2.85. The molecular weight excluding hydrogens is 319 g/mol. The van der Waals surface area contributed by atoms with Gasteiger partial charge in [-0.3, -0.25) is 5.32 Å². The molecule has 1 aromatic heterocycles. The van der Waals surface area contributed by atoms with Crippen LogP contribution in [-0.4, -0.2) is 26.5 Å². The van der Waals surface area contributed by atoms with Gasteiger partial charge in [-0.25, -0.2) is 0 Å². The minimum Gasteiger partial charge on any atom is -0.395 e. The number of aryl methyl sites for hydroxylation is 1. The average Bonchev–Trinajstić information content (AvgIpc) is 2.74. The maximum absolute atomic E-state index is 9.46. The number of H-pyrrole nitrogens is 1. The molecule has 20 heavy (non-hydrogen) atoms. The number of hydrogen-bond acceptors (Lipinski definition) is 2. The summed E-state index contributed by atoms with van der Waals surface area (Å²) in [6.07, 6.45) is 0.715. The number of halogens is 3. The molecule has 1 aliphatic heterocycles. The van der Waals surface area contributed by atoms with Crippen molar-refractivity contribution in [2.24, 2.45) is 0 Å². The van der Waals surface area contributed by atoms with E-state index in [2.05, 4.69) is 23.3 Å². The molecule has 6 heteroatoms. The summed E-state index contributed by atoms with van der Waals surface area (Å²) in [4.78, 5) is 3.35. The van der Waals surface area contributed by atoms with Gasteiger partial charge in [-0.15, -0.1) is 0 Å². The van der Waals surface area contributed by atoms with Gasteiger partial charge in [0.1, 0.15) is 0 Å². The molecular formula is C14H15Cl3N2O. The van der Waals surface area contributed by atoms with Crippen LogP contribution < -0.4 is 5.32 Å². The van der Waals surface area contributed by atoms with E-state index in [0.717, 1.165) is 22.2 Å². The van der Waals surface area contributed by atoms with Crippen LogP contribution in [0.1, 0.15) is 22.9 Å². The fourth-order valence-corrected chi connectivity index (χ4v) is 3.36. The van der Waals surface area contributed by atoms with E-state index >= 15 is 0 Å². The lowest BCUT2D eigenvalue weighted by Crippen LogP contribution is -2.46. The number of nitrogens with one attached hydrogen (secondary N) is 2. The van der Waals surface area contributed by atoms with Gasteiger partial charge >= 0.3 is 0 Å². The summed E-state index contributed by atoms with van der Waals surface area (Å²) in [5, 5.41) is 13.8. The standard InChI is InChI=1S/C14H15Cl3N2O/c1-7-2-3-11-9(4-7)10-5-8(6-20)18-13(12(10)19-11)14(15,16)17/h2-4,8,13,18-20H,5-6H2,1H3. The van der Waals surface area contributed by atoms with E-state index < -0.39 is 9.83 Å². The summed E-state index contributed by atoms with van der Waals surface area (Å²) in [7, 11) is 0. The van der Waals surface area contributed by atoms with Crippen LogP contribution in [0.3, 0.4) is 0 Å². The zero-order valence-electron chi connectivity index (χ0n) is 10.9. The van der Waals surface area contributed by atoms with E-state index in [1.54, 1.807) is 0 Å². The highest BCUT2D eigenvalue weighted by molar-refractivity contribution is 6.68. The van der Waals surface area contributed by atoms with Crippen molar-refractivity contribution in [1.29, 1.82) is 0 Å². The molecule has 0 amide bonds. The van der Waals surface area contributed by atoms with Crippen molar-refractivity contribution in [1.82, 2.24) is 10.3 Å². The van der Waals surface area contributed by atoms with E-state index in [0.29, 0.717) is 6.42 Å². The Kier molecular flexibility index (Phi) is 3.68. The number of benzene rings is 1. The summed E-state index contributed by atoms with van der Waals surface area (Å²) in [5.74, 6) is 0. The Hall–Kier alpha value is -0.450. The van der Waals surface area contributed by atoms with Crippen LogP contribution in [0.25, 0.3) is 10.9 Å². The molecule has 108 valence electrons. The summed E-state index contributed by atoms with van der Waals surface area (Å²) in [6.45, 7) is 2.06.